The van der Waals surface area contributed by atoms with Crippen molar-refractivity contribution in [3.63, 3.8) is 0 Å². The van der Waals surface area contributed by atoms with Gasteiger partial charge < -0.3 is 14.4 Å². The van der Waals surface area contributed by atoms with Crippen molar-refractivity contribution in [1.82, 2.24) is 24.3 Å². The Balaban J connectivity index is 1.59. The van der Waals surface area contributed by atoms with Crippen LogP contribution in [0.2, 0.25) is 0 Å². The van der Waals surface area contributed by atoms with E-state index in [0.717, 1.165) is 31.0 Å². The molecule has 0 saturated carbocycles. The molecule has 0 unspecified atom stereocenters. The largest absolute Gasteiger partial charge is 0.337 e. The van der Waals surface area contributed by atoms with Crippen LogP contribution in [0.15, 0.2) is 36.7 Å². The molecule has 2 amide bonds. The van der Waals surface area contributed by atoms with Gasteiger partial charge in [0.15, 0.2) is 0 Å². The van der Waals surface area contributed by atoms with Crippen LogP contribution in [0.25, 0.3) is 0 Å². The molecule has 0 N–H and O–H groups in total. The van der Waals surface area contributed by atoms with Crippen molar-refractivity contribution >= 4 is 6.03 Å². The van der Waals surface area contributed by atoms with Crippen LogP contribution in [-0.2, 0) is 13.6 Å². The summed E-state index contributed by atoms with van der Waals surface area (Å²) in [5.41, 5.74) is 0.886. The second-order valence-electron chi connectivity index (χ2n) is 7.90. The quantitative estimate of drug-likeness (QED) is 0.832. The van der Waals surface area contributed by atoms with Gasteiger partial charge in [0.05, 0.1) is 12.6 Å². The number of hydrogen-bond donors (Lipinski definition) is 0. The van der Waals surface area contributed by atoms with Crippen molar-refractivity contribution in [3.8, 4) is 0 Å². The molecule has 0 aliphatic carbocycles. The third-order valence-corrected chi connectivity index (χ3v) is 5.84. The maximum absolute atomic E-state index is 13.9. The Morgan fingerprint density at radius 1 is 1.30 bits per heavy atom. The minimum Gasteiger partial charge on any atom is -0.337 e. The topological polar surface area (TPSA) is 44.6 Å². The molecule has 0 spiro atoms. The number of halogens is 1. The van der Waals surface area contributed by atoms with Gasteiger partial charge in [0.1, 0.15) is 11.6 Å². The molecule has 2 saturated heterocycles. The molecule has 2 aliphatic rings. The van der Waals surface area contributed by atoms with Gasteiger partial charge in [0, 0.05) is 59.1 Å². The summed E-state index contributed by atoms with van der Waals surface area (Å²) >= 11 is 0. The molecular formula is C20H26FN5O. The molecule has 27 heavy (non-hydrogen) atoms. The summed E-state index contributed by atoms with van der Waals surface area (Å²) in [6.45, 7) is 3.32. The monoisotopic (exact) mass is 371 g/mol. The summed E-state index contributed by atoms with van der Waals surface area (Å²) in [5, 5.41) is 0. The van der Waals surface area contributed by atoms with Crippen molar-refractivity contribution in [3.05, 3.63) is 53.9 Å². The maximum Gasteiger partial charge on any atom is 0.320 e. The molecule has 6 nitrogen and oxygen atoms in total. The van der Waals surface area contributed by atoms with E-state index in [4.69, 9.17) is 0 Å². The number of rotatable bonds is 3. The number of hydrogen-bond acceptors (Lipinski definition) is 3. The van der Waals surface area contributed by atoms with Crippen LogP contribution in [0.3, 0.4) is 0 Å². The number of aryl methyl sites for hydroxylation is 1. The molecule has 4 rings (SSSR count). The Hall–Kier alpha value is -2.41. The van der Waals surface area contributed by atoms with Crippen LogP contribution < -0.4 is 0 Å². The SMILES string of the molecule is CN(C)C(=O)N1C[C@H]2CN(Cc3nccn3C)C[C@H]2[C@H]1c1cccc(F)c1. The normalized spacial score (nSPS) is 25.0. The first-order chi connectivity index (χ1) is 12.9. The number of nitrogens with zero attached hydrogens (tertiary/aromatic N) is 5. The van der Waals surface area contributed by atoms with E-state index < -0.39 is 0 Å². The second kappa shape index (κ2) is 6.96. The zero-order valence-corrected chi connectivity index (χ0v) is 16.0. The molecule has 0 bridgehead atoms. The average molecular weight is 371 g/mol. The van der Waals surface area contributed by atoms with Gasteiger partial charge in [-0.05, 0) is 23.6 Å². The summed E-state index contributed by atoms with van der Waals surface area (Å²) in [6, 6.07) is 6.60. The summed E-state index contributed by atoms with van der Waals surface area (Å²) in [5.74, 6) is 1.48. The number of amides is 2. The van der Waals surface area contributed by atoms with Crippen LogP contribution in [0, 0.1) is 17.7 Å². The Morgan fingerprint density at radius 3 is 2.78 bits per heavy atom. The fourth-order valence-corrected chi connectivity index (χ4v) is 4.59. The molecule has 2 fully saturated rings. The number of urea groups is 1. The lowest BCUT2D eigenvalue weighted by Crippen LogP contribution is -2.41. The number of benzene rings is 1. The summed E-state index contributed by atoms with van der Waals surface area (Å²) in [7, 11) is 5.55. The van der Waals surface area contributed by atoms with E-state index in [-0.39, 0.29) is 17.9 Å². The lowest BCUT2D eigenvalue weighted by atomic mass is 9.89. The molecule has 2 aliphatic heterocycles. The predicted molar refractivity (Wildman–Crippen MR) is 100 cm³/mol. The lowest BCUT2D eigenvalue weighted by Gasteiger charge is -2.31. The molecule has 144 valence electrons. The fourth-order valence-electron chi connectivity index (χ4n) is 4.59. The Kier molecular flexibility index (Phi) is 4.63. The Labute approximate surface area is 159 Å². The average Bonchev–Trinajstić information content (AvgIpc) is 3.29. The van der Waals surface area contributed by atoms with E-state index >= 15 is 0 Å². The summed E-state index contributed by atoms with van der Waals surface area (Å²) < 4.78 is 15.9. The summed E-state index contributed by atoms with van der Waals surface area (Å²) in [6.07, 6.45) is 3.78. The Bertz CT molecular complexity index is 835. The molecule has 1 aromatic carbocycles. The number of carbonyl (C=O) groups is 1. The van der Waals surface area contributed by atoms with Crippen LogP contribution in [-0.4, -0.2) is 64.0 Å². The Morgan fingerprint density at radius 2 is 2.11 bits per heavy atom. The van der Waals surface area contributed by atoms with E-state index in [1.54, 1.807) is 31.1 Å². The van der Waals surface area contributed by atoms with Crippen molar-refractivity contribution < 1.29 is 9.18 Å². The van der Waals surface area contributed by atoms with E-state index in [1.165, 1.54) is 6.07 Å². The lowest BCUT2D eigenvalue weighted by molar-refractivity contribution is 0.151. The highest BCUT2D eigenvalue weighted by atomic mass is 19.1. The molecule has 3 atom stereocenters. The van der Waals surface area contributed by atoms with Crippen LogP contribution in [0.5, 0.6) is 0 Å². The van der Waals surface area contributed by atoms with Crippen LogP contribution in [0.4, 0.5) is 9.18 Å². The second-order valence-corrected chi connectivity index (χ2v) is 7.90. The van der Waals surface area contributed by atoms with E-state index in [2.05, 4.69) is 9.88 Å². The third-order valence-electron chi connectivity index (χ3n) is 5.84. The first kappa shape index (κ1) is 18.0. The van der Waals surface area contributed by atoms with Gasteiger partial charge in [-0.25, -0.2) is 14.2 Å². The molecule has 1 aromatic heterocycles. The van der Waals surface area contributed by atoms with Gasteiger partial charge in [-0.3, -0.25) is 4.90 Å². The number of imidazole rings is 1. The standard InChI is InChI=1S/C20H26FN5O/c1-23(2)20(27)26-11-15-10-25(13-18-22-7-8-24(18)3)12-17(15)19(26)14-5-4-6-16(21)9-14/h4-9,15,17,19H,10-13H2,1-3H3/t15-,17-,19-/m1/s1. The molecule has 2 aromatic rings. The molecule has 3 heterocycles. The van der Waals surface area contributed by atoms with Crippen molar-refractivity contribution in [2.24, 2.45) is 18.9 Å². The van der Waals surface area contributed by atoms with Gasteiger partial charge in [-0.15, -0.1) is 0 Å². The maximum atomic E-state index is 13.9. The zero-order valence-electron chi connectivity index (χ0n) is 16.0. The van der Waals surface area contributed by atoms with Crippen LogP contribution in [0.1, 0.15) is 17.4 Å². The third kappa shape index (κ3) is 3.32. The highest BCUT2D eigenvalue weighted by molar-refractivity contribution is 5.75. The first-order valence-corrected chi connectivity index (χ1v) is 9.36. The van der Waals surface area contributed by atoms with Gasteiger partial charge in [0.2, 0.25) is 0 Å². The zero-order chi connectivity index (χ0) is 19.1. The van der Waals surface area contributed by atoms with Crippen LogP contribution >= 0.6 is 0 Å². The first-order valence-electron chi connectivity index (χ1n) is 9.36. The van der Waals surface area contributed by atoms with Gasteiger partial charge in [0.25, 0.3) is 0 Å². The molecule has 0 radical (unpaired) electrons. The van der Waals surface area contributed by atoms with E-state index in [9.17, 15) is 9.18 Å². The number of likely N-dealkylation sites (tertiary alicyclic amines) is 2. The van der Waals surface area contributed by atoms with E-state index in [0.29, 0.717) is 18.4 Å². The van der Waals surface area contributed by atoms with Gasteiger partial charge >= 0.3 is 6.03 Å². The molecule has 7 heteroatoms. The predicted octanol–water partition coefficient (Wildman–Crippen LogP) is 2.35. The number of aromatic nitrogens is 2. The highest BCUT2D eigenvalue weighted by Crippen LogP contribution is 2.45. The van der Waals surface area contributed by atoms with Crippen molar-refractivity contribution in [2.75, 3.05) is 33.7 Å². The van der Waals surface area contributed by atoms with Gasteiger partial charge in [-0.2, -0.15) is 0 Å². The molecular weight excluding hydrogens is 345 g/mol. The van der Waals surface area contributed by atoms with Crippen molar-refractivity contribution in [2.45, 2.75) is 12.6 Å². The number of fused-ring (bicyclic) bond motifs is 1. The fraction of sp³-hybridized carbons (Fsp3) is 0.500. The highest BCUT2D eigenvalue weighted by Gasteiger charge is 2.49. The van der Waals surface area contributed by atoms with Gasteiger partial charge in [-0.1, -0.05) is 12.1 Å². The minimum absolute atomic E-state index is 0.00527. The minimum atomic E-state index is -0.254. The number of carbonyl (C=O) groups excluding carboxylic acids is 1. The van der Waals surface area contributed by atoms with E-state index in [1.807, 2.05) is 35.0 Å². The van der Waals surface area contributed by atoms with Crippen molar-refractivity contribution in [1.29, 1.82) is 0 Å². The summed E-state index contributed by atoms with van der Waals surface area (Å²) in [4.78, 5) is 23.1. The smallest absolute Gasteiger partial charge is 0.320 e.